The highest BCUT2D eigenvalue weighted by molar-refractivity contribution is 5.89. The van der Waals surface area contributed by atoms with Crippen LogP contribution in [0.1, 0.15) is 26.7 Å². The second kappa shape index (κ2) is 6.90. The maximum Gasteiger partial charge on any atom is 0.341 e. The average Bonchev–Trinajstić information content (AvgIpc) is 3.18. The van der Waals surface area contributed by atoms with Crippen LogP contribution in [-0.2, 0) is 19.1 Å². The summed E-state index contributed by atoms with van der Waals surface area (Å²) in [5.41, 5.74) is -0.796. The number of aliphatic hydroxyl groups is 2. The highest BCUT2D eigenvalue weighted by atomic mass is 16.6. The van der Waals surface area contributed by atoms with E-state index in [0.717, 1.165) is 25.1 Å². The van der Waals surface area contributed by atoms with E-state index in [4.69, 9.17) is 9.47 Å². The van der Waals surface area contributed by atoms with E-state index in [2.05, 4.69) is 4.90 Å². The summed E-state index contributed by atoms with van der Waals surface area (Å²) in [5, 5.41) is 20.2. The van der Waals surface area contributed by atoms with Gasteiger partial charge in [-0.15, -0.1) is 0 Å². The maximum absolute atomic E-state index is 12.6. The molecule has 0 aromatic heterocycles. The van der Waals surface area contributed by atoms with E-state index in [9.17, 15) is 19.8 Å². The quantitative estimate of drug-likeness (QED) is 0.395. The van der Waals surface area contributed by atoms with Gasteiger partial charge in [0.2, 0.25) is 0 Å². The molecule has 0 aromatic carbocycles. The molecule has 0 aromatic rings. The van der Waals surface area contributed by atoms with Crippen LogP contribution in [0.5, 0.6) is 0 Å². The number of esters is 2. The Morgan fingerprint density at radius 1 is 1.44 bits per heavy atom. The first kappa shape index (κ1) is 18.1. The van der Waals surface area contributed by atoms with Crippen LogP contribution in [0.25, 0.3) is 0 Å². The molecule has 0 unspecified atom stereocenters. The lowest BCUT2D eigenvalue weighted by molar-refractivity contribution is -0.176. The smallest absolute Gasteiger partial charge is 0.341 e. The predicted molar refractivity (Wildman–Crippen MR) is 88.5 cm³/mol. The lowest BCUT2D eigenvalue weighted by Crippen LogP contribution is -2.50. The minimum Gasteiger partial charge on any atom is -0.459 e. The Morgan fingerprint density at radius 3 is 2.88 bits per heavy atom. The second-order valence-electron chi connectivity index (χ2n) is 7.03. The molecule has 138 valence electrons. The standard InChI is InChI=1S/C18H25NO6/c1-3-12-8-11(2)18(23,10-20)17(22)24-9-13-4-6-19-7-5-14(15(13)19)25-16(12)21/h3-4,11,14-15,20,23H,5-10H2,1-2H3/t11-,14+,15-,18-/m0/s1. The zero-order valence-electron chi connectivity index (χ0n) is 14.6. The van der Waals surface area contributed by atoms with Crippen molar-refractivity contribution >= 4 is 11.9 Å². The van der Waals surface area contributed by atoms with Crippen molar-refractivity contribution in [3.05, 3.63) is 23.3 Å². The van der Waals surface area contributed by atoms with Gasteiger partial charge in [-0.05, 0) is 25.3 Å². The number of nitrogens with zero attached hydrogens (tertiary/aromatic N) is 1. The number of aliphatic hydroxyl groups excluding tert-OH is 1. The third kappa shape index (κ3) is 3.12. The van der Waals surface area contributed by atoms with Gasteiger partial charge in [0.05, 0.1) is 12.6 Å². The van der Waals surface area contributed by atoms with Crippen LogP contribution in [0.2, 0.25) is 0 Å². The number of allylic oxidation sites excluding steroid dienone is 1. The Bertz CT molecular complexity index is 627. The molecule has 2 saturated heterocycles. The molecule has 0 spiro atoms. The van der Waals surface area contributed by atoms with Crippen molar-refractivity contribution < 1.29 is 29.3 Å². The highest BCUT2D eigenvalue weighted by Crippen LogP contribution is 2.34. The van der Waals surface area contributed by atoms with Gasteiger partial charge in [0.15, 0.2) is 5.60 Å². The molecule has 3 aliphatic heterocycles. The summed E-state index contributed by atoms with van der Waals surface area (Å²) in [6.45, 7) is 4.12. The van der Waals surface area contributed by atoms with Crippen molar-refractivity contribution in [1.82, 2.24) is 4.90 Å². The normalized spacial score (nSPS) is 38.5. The van der Waals surface area contributed by atoms with E-state index in [1.165, 1.54) is 0 Å². The van der Waals surface area contributed by atoms with Gasteiger partial charge < -0.3 is 19.7 Å². The molecule has 0 amide bonds. The third-order valence-electron chi connectivity index (χ3n) is 5.59. The molecule has 7 heteroatoms. The van der Waals surface area contributed by atoms with Gasteiger partial charge in [-0.3, -0.25) is 4.90 Å². The molecule has 25 heavy (non-hydrogen) atoms. The minimum atomic E-state index is -2.05. The van der Waals surface area contributed by atoms with Crippen molar-refractivity contribution in [3.63, 3.8) is 0 Å². The van der Waals surface area contributed by atoms with Crippen molar-refractivity contribution in [3.8, 4) is 0 Å². The molecule has 3 heterocycles. The van der Waals surface area contributed by atoms with E-state index < -0.39 is 30.1 Å². The van der Waals surface area contributed by atoms with Crippen LogP contribution >= 0.6 is 0 Å². The number of cyclic esters (lactones) is 1. The molecule has 0 aliphatic carbocycles. The van der Waals surface area contributed by atoms with E-state index in [-0.39, 0.29) is 25.2 Å². The zero-order chi connectivity index (χ0) is 18.2. The summed E-state index contributed by atoms with van der Waals surface area (Å²) < 4.78 is 11.1. The first-order valence-corrected chi connectivity index (χ1v) is 8.70. The number of hydrogen-bond donors (Lipinski definition) is 2. The topological polar surface area (TPSA) is 96.3 Å². The summed E-state index contributed by atoms with van der Waals surface area (Å²) >= 11 is 0. The third-order valence-corrected chi connectivity index (χ3v) is 5.59. The fourth-order valence-corrected chi connectivity index (χ4v) is 3.85. The first-order chi connectivity index (χ1) is 11.9. The van der Waals surface area contributed by atoms with Gasteiger partial charge in [0.25, 0.3) is 0 Å². The van der Waals surface area contributed by atoms with Crippen molar-refractivity contribution in [1.29, 1.82) is 0 Å². The van der Waals surface area contributed by atoms with Crippen LogP contribution in [0, 0.1) is 5.92 Å². The number of ether oxygens (including phenoxy) is 2. The van der Waals surface area contributed by atoms with Gasteiger partial charge in [-0.1, -0.05) is 19.1 Å². The van der Waals surface area contributed by atoms with Gasteiger partial charge in [-0.2, -0.15) is 0 Å². The SMILES string of the molecule is CC=C1C[C@H](C)[C@@](O)(CO)C(=O)OCC2=CCN3CC[C@@H](OC1=O)[C@H]23. The first-order valence-electron chi connectivity index (χ1n) is 8.70. The fourth-order valence-electron chi connectivity index (χ4n) is 3.85. The average molecular weight is 351 g/mol. The van der Waals surface area contributed by atoms with Crippen LogP contribution in [0.3, 0.4) is 0 Å². The zero-order valence-corrected chi connectivity index (χ0v) is 14.6. The van der Waals surface area contributed by atoms with Crippen LogP contribution in [-0.4, -0.2) is 71.1 Å². The van der Waals surface area contributed by atoms with Gasteiger partial charge in [0, 0.05) is 24.6 Å². The molecular weight excluding hydrogens is 326 g/mol. The fraction of sp³-hybridized carbons (Fsp3) is 0.667. The van der Waals surface area contributed by atoms with Crippen molar-refractivity contribution in [2.24, 2.45) is 5.92 Å². The predicted octanol–water partition coefficient (Wildman–Crippen LogP) is 0.165. The molecule has 3 aliphatic rings. The Hall–Kier alpha value is -1.70. The van der Waals surface area contributed by atoms with Gasteiger partial charge >= 0.3 is 11.9 Å². The lowest BCUT2D eigenvalue weighted by Gasteiger charge is -2.32. The molecule has 2 fully saturated rings. The number of carbonyl (C=O) groups excluding carboxylic acids is 2. The van der Waals surface area contributed by atoms with E-state index in [0.29, 0.717) is 5.57 Å². The maximum atomic E-state index is 12.6. The van der Waals surface area contributed by atoms with E-state index >= 15 is 0 Å². The lowest BCUT2D eigenvalue weighted by atomic mass is 9.84. The van der Waals surface area contributed by atoms with Crippen molar-refractivity contribution in [2.45, 2.75) is 44.4 Å². The molecule has 4 atom stereocenters. The van der Waals surface area contributed by atoms with E-state index in [1.54, 1.807) is 19.9 Å². The Morgan fingerprint density at radius 2 is 2.20 bits per heavy atom. The largest absolute Gasteiger partial charge is 0.459 e. The Labute approximate surface area is 146 Å². The summed E-state index contributed by atoms with van der Waals surface area (Å²) in [6, 6.07) is -0.0890. The summed E-state index contributed by atoms with van der Waals surface area (Å²) in [7, 11) is 0. The summed E-state index contributed by atoms with van der Waals surface area (Å²) in [5.74, 6) is -1.99. The number of hydrogen-bond acceptors (Lipinski definition) is 7. The molecule has 0 bridgehead atoms. The Balaban J connectivity index is 1.93. The van der Waals surface area contributed by atoms with Crippen LogP contribution < -0.4 is 0 Å². The minimum absolute atomic E-state index is 0.0273. The molecule has 2 N–H and O–H groups in total. The molecular formula is C18H25NO6. The van der Waals surface area contributed by atoms with Gasteiger partial charge in [0.1, 0.15) is 12.7 Å². The van der Waals surface area contributed by atoms with Crippen molar-refractivity contribution in [2.75, 3.05) is 26.3 Å². The summed E-state index contributed by atoms with van der Waals surface area (Å²) in [6.07, 6.45) is 4.20. The highest BCUT2D eigenvalue weighted by Gasteiger charge is 2.46. The van der Waals surface area contributed by atoms with E-state index in [1.807, 2.05) is 6.08 Å². The number of rotatable bonds is 1. The second-order valence-corrected chi connectivity index (χ2v) is 7.03. The molecule has 3 rings (SSSR count). The summed E-state index contributed by atoms with van der Waals surface area (Å²) in [4.78, 5) is 27.2. The monoisotopic (exact) mass is 351 g/mol. The number of carbonyl (C=O) groups is 2. The molecule has 0 saturated carbocycles. The van der Waals surface area contributed by atoms with Crippen LogP contribution in [0.15, 0.2) is 23.3 Å². The Kier molecular flexibility index (Phi) is 4.99. The molecule has 0 radical (unpaired) electrons. The van der Waals surface area contributed by atoms with Crippen LogP contribution in [0.4, 0.5) is 0 Å². The molecule has 7 nitrogen and oxygen atoms in total. The van der Waals surface area contributed by atoms with Gasteiger partial charge in [-0.25, -0.2) is 9.59 Å².